The van der Waals surface area contributed by atoms with Gasteiger partial charge in [0.2, 0.25) is 5.91 Å². The van der Waals surface area contributed by atoms with E-state index in [0.29, 0.717) is 5.92 Å². The lowest BCUT2D eigenvalue weighted by molar-refractivity contribution is -0.210. The van der Waals surface area contributed by atoms with E-state index in [4.69, 9.17) is 9.57 Å². The van der Waals surface area contributed by atoms with Crippen molar-refractivity contribution in [3.63, 3.8) is 0 Å². The largest absolute Gasteiger partial charge is 0.462 e. The summed E-state index contributed by atoms with van der Waals surface area (Å²) in [5, 5.41) is 0. The number of hydroxylamine groups is 1. The van der Waals surface area contributed by atoms with Crippen molar-refractivity contribution in [3.8, 4) is 0 Å². The molecule has 0 bridgehead atoms. The van der Waals surface area contributed by atoms with Crippen LogP contribution >= 0.6 is 0 Å². The summed E-state index contributed by atoms with van der Waals surface area (Å²) in [5.41, 5.74) is 2.95. The second-order valence-corrected chi connectivity index (χ2v) is 15.8. The summed E-state index contributed by atoms with van der Waals surface area (Å²) in [6, 6.07) is 0. The zero-order chi connectivity index (χ0) is 28.8. The quantitative estimate of drug-likeness (QED) is 0.323. The summed E-state index contributed by atoms with van der Waals surface area (Å²) in [6.45, 7) is 17.7. The zero-order valence-corrected chi connectivity index (χ0v) is 25.8. The van der Waals surface area contributed by atoms with Gasteiger partial charge in [0.1, 0.15) is 6.10 Å². The molecule has 4 saturated carbocycles. The van der Waals surface area contributed by atoms with Crippen molar-refractivity contribution < 1.29 is 24.0 Å². The second kappa shape index (κ2) is 8.90. The van der Waals surface area contributed by atoms with Gasteiger partial charge in [0.25, 0.3) is 0 Å². The average Bonchev–Trinajstić information content (AvgIpc) is 2.83. The summed E-state index contributed by atoms with van der Waals surface area (Å²) in [7, 11) is 1.49. The minimum absolute atomic E-state index is 0.0498. The van der Waals surface area contributed by atoms with E-state index in [1.54, 1.807) is 0 Å². The van der Waals surface area contributed by atoms with Crippen LogP contribution in [0.5, 0.6) is 0 Å². The van der Waals surface area contributed by atoms with Crippen LogP contribution in [0.3, 0.4) is 0 Å². The van der Waals surface area contributed by atoms with Crippen molar-refractivity contribution in [2.45, 2.75) is 119 Å². The van der Waals surface area contributed by atoms with Crippen LogP contribution < -0.4 is 5.48 Å². The van der Waals surface area contributed by atoms with Gasteiger partial charge in [-0.1, -0.05) is 54.0 Å². The van der Waals surface area contributed by atoms with Gasteiger partial charge in [0, 0.05) is 23.7 Å². The molecule has 5 aliphatic rings. The van der Waals surface area contributed by atoms with E-state index in [9.17, 15) is 14.4 Å². The fraction of sp³-hybridized carbons (Fsp3) is 0.848. The molecule has 0 aromatic rings. The smallest absolute Gasteiger partial charge is 0.302 e. The van der Waals surface area contributed by atoms with Gasteiger partial charge in [0.15, 0.2) is 5.78 Å². The molecule has 0 unspecified atom stereocenters. The molecular weight excluding hydrogens is 490 g/mol. The summed E-state index contributed by atoms with van der Waals surface area (Å²) in [5.74, 6) is 0.498. The molecule has 0 radical (unpaired) electrons. The Balaban J connectivity index is 1.56. The molecule has 6 heteroatoms. The van der Waals surface area contributed by atoms with Gasteiger partial charge in [-0.25, -0.2) is 5.48 Å². The van der Waals surface area contributed by atoms with Crippen molar-refractivity contribution in [2.75, 3.05) is 7.11 Å². The van der Waals surface area contributed by atoms with Crippen molar-refractivity contribution in [3.05, 3.63) is 11.6 Å². The molecule has 0 aromatic heterocycles. The molecule has 0 spiro atoms. The fourth-order valence-electron chi connectivity index (χ4n) is 11.0. The molecule has 39 heavy (non-hydrogen) atoms. The lowest BCUT2D eigenvalue weighted by atomic mass is 9.33. The maximum atomic E-state index is 14.5. The summed E-state index contributed by atoms with van der Waals surface area (Å²) in [6.07, 6.45) is 10.5. The van der Waals surface area contributed by atoms with Crippen molar-refractivity contribution >= 4 is 17.7 Å². The third kappa shape index (κ3) is 3.85. The van der Waals surface area contributed by atoms with Crippen molar-refractivity contribution in [1.82, 2.24) is 5.48 Å². The molecule has 0 aromatic carbocycles. The number of hydrogen-bond donors (Lipinski definition) is 1. The molecule has 6 nitrogen and oxygen atoms in total. The number of allylic oxidation sites excluding steroid dienone is 2. The Morgan fingerprint density at radius 3 is 2.23 bits per heavy atom. The molecule has 4 fully saturated rings. The normalized spacial score (nSPS) is 48.4. The molecule has 9 atom stereocenters. The first-order valence-electron chi connectivity index (χ1n) is 15.3. The number of ether oxygens (including phenoxy) is 1. The van der Waals surface area contributed by atoms with Crippen LogP contribution in [0.25, 0.3) is 0 Å². The Hall–Kier alpha value is -1.69. The SMILES string of the molecule is CONC(=O)[C@@]1(C)CC[C@]2(C)CC[C@]3(C)C(=CC(=O)[C@@H]4[C@@]5(C)CC[C@H](OC(C)=O)C(C)(C)[C@@H]5CC[C@]43C)[C@@H]2C1. The number of fused-ring (bicyclic) bond motifs is 7. The Bertz CT molecular complexity index is 1110. The second-order valence-electron chi connectivity index (χ2n) is 15.8. The molecule has 1 N–H and O–H groups in total. The number of hydrogen-bond acceptors (Lipinski definition) is 5. The van der Waals surface area contributed by atoms with Gasteiger partial charge in [-0.05, 0) is 97.4 Å². The first kappa shape index (κ1) is 28.8. The van der Waals surface area contributed by atoms with Gasteiger partial charge >= 0.3 is 5.97 Å². The number of rotatable bonds is 3. The van der Waals surface area contributed by atoms with E-state index >= 15 is 0 Å². The third-order valence-corrected chi connectivity index (χ3v) is 13.6. The fourth-order valence-corrected chi connectivity index (χ4v) is 11.0. The monoisotopic (exact) mass is 541 g/mol. The molecule has 5 rings (SSSR count). The molecule has 0 saturated heterocycles. The van der Waals surface area contributed by atoms with Gasteiger partial charge in [-0.2, -0.15) is 0 Å². The van der Waals surface area contributed by atoms with E-state index in [2.05, 4.69) is 60.0 Å². The molecule has 218 valence electrons. The van der Waals surface area contributed by atoms with Crippen molar-refractivity contribution in [2.24, 2.45) is 50.2 Å². The minimum atomic E-state index is -0.511. The van der Waals surface area contributed by atoms with E-state index < -0.39 is 5.41 Å². The predicted octanol–water partition coefficient (Wildman–Crippen LogP) is 6.58. The van der Waals surface area contributed by atoms with Crippen LogP contribution in [0.1, 0.15) is 113 Å². The average molecular weight is 542 g/mol. The van der Waals surface area contributed by atoms with E-state index in [1.807, 2.05) is 0 Å². The number of carbonyl (C=O) groups excluding carboxylic acids is 3. The molecule has 0 aliphatic heterocycles. The Morgan fingerprint density at radius 1 is 0.923 bits per heavy atom. The van der Waals surface area contributed by atoms with Crippen LogP contribution in [0.2, 0.25) is 0 Å². The predicted molar refractivity (Wildman–Crippen MR) is 150 cm³/mol. The number of carbonyl (C=O) groups is 3. The van der Waals surface area contributed by atoms with Crippen LogP contribution in [0, 0.1) is 50.2 Å². The standard InChI is InChI=1S/C33H51NO5/c1-20(35)39-25-11-12-31(6)24(28(25,2)3)10-13-33(8)26(31)23(36)18-21-22-19-30(5,27(37)34-38-9)15-14-29(22,4)16-17-32(21,33)7/h18,22,24-26H,10-17,19H2,1-9H3,(H,34,37)/t22-,24-,25-,26+,29+,30-,31-,32+,33+/m0/s1. The van der Waals surface area contributed by atoms with Gasteiger partial charge in [0.05, 0.1) is 7.11 Å². The van der Waals surface area contributed by atoms with Crippen LogP contribution in [0.15, 0.2) is 11.6 Å². The highest BCUT2D eigenvalue weighted by Gasteiger charge is 2.70. The highest BCUT2D eigenvalue weighted by atomic mass is 16.6. The summed E-state index contributed by atoms with van der Waals surface area (Å²) < 4.78 is 5.84. The molecular formula is C33H51NO5. The number of esters is 1. The Kier molecular flexibility index (Phi) is 6.58. The molecule has 1 amide bonds. The van der Waals surface area contributed by atoms with Gasteiger partial charge < -0.3 is 4.74 Å². The first-order chi connectivity index (χ1) is 18.0. The number of ketones is 1. The Labute approximate surface area is 235 Å². The van der Waals surface area contributed by atoms with Gasteiger partial charge in [-0.15, -0.1) is 0 Å². The minimum Gasteiger partial charge on any atom is -0.462 e. The van der Waals surface area contributed by atoms with E-state index in [1.165, 1.54) is 19.6 Å². The third-order valence-electron chi connectivity index (χ3n) is 13.6. The summed E-state index contributed by atoms with van der Waals surface area (Å²) >= 11 is 0. The number of nitrogens with one attached hydrogen (secondary N) is 1. The highest BCUT2D eigenvalue weighted by Crippen LogP contribution is 2.75. The van der Waals surface area contributed by atoms with Crippen LogP contribution in [-0.2, 0) is 24.0 Å². The molecule has 5 aliphatic carbocycles. The summed E-state index contributed by atoms with van der Waals surface area (Å²) in [4.78, 5) is 44.5. The maximum Gasteiger partial charge on any atom is 0.302 e. The van der Waals surface area contributed by atoms with Crippen LogP contribution in [0.4, 0.5) is 0 Å². The maximum absolute atomic E-state index is 14.5. The number of amides is 1. The molecule has 0 heterocycles. The van der Waals surface area contributed by atoms with Gasteiger partial charge in [-0.3, -0.25) is 19.2 Å². The zero-order valence-electron chi connectivity index (χ0n) is 25.8. The lowest BCUT2D eigenvalue weighted by Crippen LogP contribution is -2.66. The van der Waals surface area contributed by atoms with Crippen molar-refractivity contribution in [1.29, 1.82) is 0 Å². The lowest BCUT2D eigenvalue weighted by Gasteiger charge is -2.70. The van der Waals surface area contributed by atoms with Crippen LogP contribution in [-0.4, -0.2) is 30.9 Å². The van der Waals surface area contributed by atoms with E-state index in [0.717, 1.165) is 57.8 Å². The highest BCUT2D eigenvalue weighted by molar-refractivity contribution is 5.95. The first-order valence-corrected chi connectivity index (χ1v) is 15.3. The topological polar surface area (TPSA) is 81.7 Å². The Morgan fingerprint density at radius 2 is 1.59 bits per heavy atom. The van der Waals surface area contributed by atoms with E-state index in [-0.39, 0.29) is 62.7 Å².